The van der Waals surface area contributed by atoms with Crippen molar-refractivity contribution in [3.8, 4) is 0 Å². The van der Waals surface area contributed by atoms with E-state index >= 15 is 0 Å². The molecule has 0 aromatic carbocycles. The van der Waals surface area contributed by atoms with Gasteiger partial charge in [0.2, 0.25) is 0 Å². The molecule has 2 N–H and O–H groups in total. The van der Waals surface area contributed by atoms with E-state index in [0.29, 0.717) is 6.61 Å². The highest BCUT2D eigenvalue weighted by atomic mass is 31.2. The molecule has 7 nitrogen and oxygen atoms in total. The van der Waals surface area contributed by atoms with Crippen molar-refractivity contribution in [2.75, 3.05) is 19.8 Å². The fourth-order valence-electron chi connectivity index (χ4n) is 2.77. The Morgan fingerprint density at radius 3 is 1.82 bits per heavy atom. The summed E-state index contributed by atoms with van der Waals surface area (Å²) in [6.07, 6.45) is 27.4. The number of allylic oxidation sites excluding steroid dienone is 8. The van der Waals surface area contributed by atoms with Crippen molar-refractivity contribution >= 4 is 13.8 Å². The molecule has 0 aliphatic rings. The van der Waals surface area contributed by atoms with Crippen molar-refractivity contribution < 1.29 is 33.1 Å². The Balaban J connectivity index is 3.68. The Bertz CT molecular complexity index is 635. The normalized spacial score (nSPS) is 13.7. The first-order valence-corrected chi connectivity index (χ1v) is 13.4. The standard InChI is InChI=1S/C25H43O7P/c1-3-4-5-6-7-8-9-10-11-12-13-14-15-16-17-18-19-20-21-30-22-25(32-24(2)26)23-31-33(27,28)29/h7-8,10-11,13-14,16-17,25H,3-6,9,12,15,18-23H2,1-2H3,(H2,27,28,29)/b8-7-,11-10-,14-13-,17-16-/t25-/m1/s1. The van der Waals surface area contributed by atoms with Crippen LogP contribution in [0.1, 0.15) is 78.1 Å². The fraction of sp³-hybridized carbons (Fsp3) is 0.640. The molecule has 0 spiro atoms. The first-order chi connectivity index (χ1) is 15.8. The Kier molecular flexibility index (Phi) is 21.3. The van der Waals surface area contributed by atoms with Crippen LogP contribution in [-0.2, 0) is 23.4 Å². The number of carbonyl (C=O) groups is 1. The van der Waals surface area contributed by atoms with Gasteiger partial charge in [0, 0.05) is 13.5 Å². The largest absolute Gasteiger partial charge is 0.469 e. The number of phosphoric ester groups is 1. The number of unbranched alkanes of at least 4 members (excludes halogenated alkanes) is 5. The number of phosphoric acid groups is 1. The third kappa shape index (κ3) is 26.6. The van der Waals surface area contributed by atoms with Crippen molar-refractivity contribution in [3.63, 3.8) is 0 Å². The van der Waals surface area contributed by atoms with Crippen LogP contribution >= 0.6 is 7.82 Å². The summed E-state index contributed by atoms with van der Waals surface area (Å²) >= 11 is 0. The van der Waals surface area contributed by atoms with Gasteiger partial charge in [0.05, 0.1) is 13.2 Å². The van der Waals surface area contributed by atoms with Crippen molar-refractivity contribution in [3.05, 3.63) is 48.6 Å². The summed E-state index contributed by atoms with van der Waals surface area (Å²) in [6.45, 7) is 3.54. The molecular formula is C25H43O7P. The van der Waals surface area contributed by atoms with Gasteiger partial charge in [0.1, 0.15) is 6.10 Å². The molecule has 0 rings (SSSR count). The topological polar surface area (TPSA) is 102 Å². The summed E-state index contributed by atoms with van der Waals surface area (Å²) in [5.74, 6) is -0.557. The molecule has 0 amide bonds. The third-order valence-electron chi connectivity index (χ3n) is 4.43. The third-order valence-corrected chi connectivity index (χ3v) is 4.92. The van der Waals surface area contributed by atoms with E-state index in [1.807, 2.05) is 0 Å². The molecule has 0 bridgehead atoms. The predicted molar refractivity (Wildman–Crippen MR) is 133 cm³/mol. The number of hydrogen-bond donors (Lipinski definition) is 2. The smallest absolute Gasteiger partial charge is 0.458 e. The summed E-state index contributed by atoms with van der Waals surface area (Å²) < 4.78 is 25.5. The lowest BCUT2D eigenvalue weighted by molar-refractivity contribution is -0.151. The Hall–Kier alpha value is -1.50. The Morgan fingerprint density at radius 1 is 0.818 bits per heavy atom. The molecule has 0 aromatic heterocycles. The zero-order chi connectivity index (χ0) is 24.6. The van der Waals surface area contributed by atoms with E-state index in [1.165, 1.54) is 32.6 Å². The van der Waals surface area contributed by atoms with E-state index < -0.39 is 26.5 Å². The lowest BCUT2D eigenvalue weighted by atomic mass is 10.2. The molecule has 0 aromatic rings. The predicted octanol–water partition coefficient (Wildman–Crippen LogP) is 6.19. The van der Waals surface area contributed by atoms with Gasteiger partial charge in [-0.2, -0.15) is 0 Å². The summed E-state index contributed by atoms with van der Waals surface area (Å²) in [5, 5.41) is 0. The molecule has 0 heterocycles. The van der Waals surface area contributed by atoms with Crippen molar-refractivity contribution in [2.24, 2.45) is 0 Å². The van der Waals surface area contributed by atoms with Crippen LogP contribution in [0, 0.1) is 0 Å². The fourth-order valence-corrected chi connectivity index (χ4v) is 3.13. The van der Waals surface area contributed by atoms with Gasteiger partial charge < -0.3 is 19.3 Å². The number of hydrogen-bond acceptors (Lipinski definition) is 5. The highest BCUT2D eigenvalue weighted by Crippen LogP contribution is 2.35. The van der Waals surface area contributed by atoms with Gasteiger partial charge >= 0.3 is 13.8 Å². The van der Waals surface area contributed by atoms with E-state index in [4.69, 9.17) is 19.3 Å². The number of esters is 1. The summed E-state index contributed by atoms with van der Waals surface area (Å²) in [5.41, 5.74) is 0. The van der Waals surface area contributed by atoms with Gasteiger partial charge in [0.25, 0.3) is 0 Å². The van der Waals surface area contributed by atoms with Crippen LogP contribution in [0.5, 0.6) is 0 Å². The monoisotopic (exact) mass is 486 g/mol. The van der Waals surface area contributed by atoms with Gasteiger partial charge in [-0.1, -0.05) is 68.4 Å². The van der Waals surface area contributed by atoms with Crippen molar-refractivity contribution in [2.45, 2.75) is 84.2 Å². The molecule has 0 saturated carbocycles. The molecular weight excluding hydrogens is 443 g/mol. The zero-order valence-corrected chi connectivity index (χ0v) is 21.2. The lowest BCUT2D eigenvalue weighted by Gasteiger charge is -2.17. The van der Waals surface area contributed by atoms with Crippen LogP contribution in [0.4, 0.5) is 0 Å². The van der Waals surface area contributed by atoms with E-state index in [0.717, 1.165) is 38.5 Å². The zero-order valence-electron chi connectivity index (χ0n) is 20.3. The molecule has 0 radical (unpaired) electrons. The average Bonchev–Trinajstić information content (AvgIpc) is 2.75. The Labute approximate surface area is 199 Å². The maximum Gasteiger partial charge on any atom is 0.469 e. The lowest BCUT2D eigenvalue weighted by Crippen LogP contribution is -2.27. The van der Waals surface area contributed by atoms with Crippen molar-refractivity contribution in [1.29, 1.82) is 0 Å². The number of carbonyl (C=O) groups excluding carboxylic acids is 1. The minimum Gasteiger partial charge on any atom is -0.458 e. The van der Waals surface area contributed by atoms with Gasteiger partial charge in [-0.3, -0.25) is 9.32 Å². The maximum absolute atomic E-state index is 11.0. The quantitative estimate of drug-likeness (QED) is 0.0863. The van der Waals surface area contributed by atoms with Crippen LogP contribution in [0.3, 0.4) is 0 Å². The van der Waals surface area contributed by atoms with Gasteiger partial charge in [0.15, 0.2) is 0 Å². The molecule has 190 valence electrons. The summed E-state index contributed by atoms with van der Waals surface area (Å²) in [7, 11) is -4.61. The van der Waals surface area contributed by atoms with Crippen LogP contribution in [-0.4, -0.2) is 41.7 Å². The van der Waals surface area contributed by atoms with Crippen LogP contribution in [0.25, 0.3) is 0 Å². The van der Waals surface area contributed by atoms with Crippen LogP contribution in [0.15, 0.2) is 48.6 Å². The Morgan fingerprint density at radius 2 is 1.33 bits per heavy atom. The molecule has 33 heavy (non-hydrogen) atoms. The number of ether oxygens (including phenoxy) is 2. The molecule has 0 fully saturated rings. The van der Waals surface area contributed by atoms with Crippen LogP contribution in [0.2, 0.25) is 0 Å². The van der Waals surface area contributed by atoms with Gasteiger partial charge in [-0.15, -0.1) is 0 Å². The first-order valence-electron chi connectivity index (χ1n) is 11.9. The van der Waals surface area contributed by atoms with E-state index in [1.54, 1.807) is 0 Å². The average molecular weight is 487 g/mol. The number of rotatable bonds is 21. The minimum absolute atomic E-state index is 0.0317. The summed E-state index contributed by atoms with van der Waals surface area (Å²) in [6, 6.07) is 0. The molecule has 0 saturated heterocycles. The summed E-state index contributed by atoms with van der Waals surface area (Å²) in [4.78, 5) is 28.5. The second-order valence-corrected chi connectivity index (χ2v) is 8.92. The molecule has 8 heteroatoms. The van der Waals surface area contributed by atoms with E-state index in [9.17, 15) is 9.36 Å². The molecule has 0 aliphatic carbocycles. The highest BCUT2D eigenvalue weighted by molar-refractivity contribution is 7.46. The first kappa shape index (κ1) is 31.5. The van der Waals surface area contributed by atoms with Gasteiger partial charge in [-0.25, -0.2) is 4.57 Å². The second-order valence-electron chi connectivity index (χ2n) is 7.68. The van der Waals surface area contributed by atoms with E-state index in [-0.39, 0.29) is 6.61 Å². The van der Waals surface area contributed by atoms with E-state index in [2.05, 4.69) is 60.1 Å². The SMILES string of the molecule is CCCCC/C=C\C/C=C\C/C=C\C/C=C\CCCCOC[C@H](COP(=O)(O)O)OC(C)=O. The van der Waals surface area contributed by atoms with Gasteiger partial charge in [-0.05, 0) is 51.4 Å². The molecule has 0 aliphatic heterocycles. The molecule has 0 unspecified atom stereocenters. The highest BCUT2D eigenvalue weighted by Gasteiger charge is 2.20. The molecule has 1 atom stereocenters. The minimum atomic E-state index is -4.61. The van der Waals surface area contributed by atoms with Crippen LogP contribution < -0.4 is 0 Å². The van der Waals surface area contributed by atoms with Crippen molar-refractivity contribution in [1.82, 2.24) is 0 Å². The maximum atomic E-state index is 11.0. The second kappa shape index (κ2) is 22.3.